The van der Waals surface area contributed by atoms with Gasteiger partial charge in [0, 0.05) is 20.5 Å². The molecule has 4 aliphatic heterocycles. The molecule has 0 radical (unpaired) electrons. The SMILES string of the molecule is CCCCCCCCCCCCO[C@@H]1O[C@@H](C)[C@H](O[C@@H]2O[C@@H](C)[C@H](OC(C)=O)[C@@H](O[C@@H]3O[C@@H](C)[C@H](OC(C)=O)[C@@H](O)[C@H]3O)[C@H]2OC(=O)CCl)[C@H]2OC(C)(C)O[C@@H]12. The second kappa shape index (κ2) is 22.1. The zero-order valence-corrected chi connectivity index (χ0v) is 34.9. The summed E-state index contributed by atoms with van der Waals surface area (Å²) in [4.78, 5) is 36.8. The fourth-order valence-corrected chi connectivity index (χ4v) is 7.77. The lowest BCUT2D eigenvalue weighted by Crippen LogP contribution is -2.66. The van der Waals surface area contributed by atoms with Crippen molar-refractivity contribution in [2.45, 2.75) is 218 Å². The van der Waals surface area contributed by atoms with Crippen LogP contribution in [0.5, 0.6) is 0 Å². The Morgan fingerprint density at radius 1 is 0.607 bits per heavy atom. The summed E-state index contributed by atoms with van der Waals surface area (Å²) >= 11 is 5.88. The lowest BCUT2D eigenvalue weighted by atomic mass is 9.96. The molecule has 4 rings (SSSR count). The number of carbonyl (C=O) groups is 3. The van der Waals surface area contributed by atoms with Gasteiger partial charge in [0.25, 0.3) is 0 Å². The second-order valence-corrected chi connectivity index (χ2v) is 15.9. The molecule has 4 fully saturated rings. The van der Waals surface area contributed by atoms with Crippen LogP contribution < -0.4 is 0 Å². The van der Waals surface area contributed by atoms with E-state index in [1.165, 1.54) is 58.8 Å². The highest BCUT2D eigenvalue weighted by Gasteiger charge is 2.59. The summed E-state index contributed by atoms with van der Waals surface area (Å²) in [5.41, 5.74) is 0. The molecule has 0 aromatic rings. The van der Waals surface area contributed by atoms with Crippen molar-refractivity contribution < 1.29 is 76.7 Å². The maximum Gasteiger partial charge on any atom is 0.321 e. The molecule has 0 spiro atoms. The highest BCUT2D eigenvalue weighted by Crippen LogP contribution is 2.41. The molecule has 0 unspecified atom stereocenters. The summed E-state index contributed by atoms with van der Waals surface area (Å²) in [6.07, 6.45) is -5.14. The Balaban J connectivity index is 1.48. The van der Waals surface area contributed by atoms with Crippen molar-refractivity contribution >= 4 is 29.5 Å². The number of hydrogen-bond donors (Lipinski definition) is 2. The number of carbonyl (C=O) groups excluding carboxylic acids is 3. The van der Waals surface area contributed by atoms with Gasteiger partial charge in [-0.1, -0.05) is 64.7 Å². The lowest BCUT2D eigenvalue weighted by molar-refractivity contribution is -0.370. The first kappa shape index (κ1) is 47.0. The molecule has 4 aliphatic rings. The van der Waals surface area contributed by atoms with Gasteiger partial charge in [0.15, 0.2) is 43.0 Å². The van der Waals surface area contributed by atoms with Crippen molar-refractivity contribution in [2.75, 3.05) is 12.5 Å². The Labute approximate surface area is 335 Å². The summed E-state index contributed by atoms with van der Waals surface area (Å²) in [6, 6.07) is 0. The van der Waals surface area contributed by atoms with E-state index in [0.717, 1.165) is 26.2 Å². The van der Waals surface area contributed by atoms with Crippen LogP contribution in [0.3, 0.4) is 0 Å². The first-order chi connectivity index (χ1) is 26.6. The first-order valence-corrected chi connectivity index (χ1v) is 20.8. The summed E-state index contributed by atoms with van der Waals surface area (Å²) in [6.45, 7) is 13.5. The highest BCUT2D eigenvalue weighted by molar-refractivity contribution is 6.26. The third-order valence-corrected chi connectivity index (χ3v) is 10.6. The van der Waals surface area contributed by atoms with Crippen molar-refractivity contribution in [3.63, 3.8) is 0 Å². The van der Waals surface area contributed by atoms with Gasteiger partial charge in [0.05, 0.1) is 18.3 Å². The third kappa shape index (κ3) is 12.9. The van der Waals surface area contributed by atoms with E-state index in [1.54, 1.807) is 27.7 Å². The summed E-state index contributed by atoms with van der Waals surface area (Å²) < 4.78 is 66.7. The molecule has 0 aliphatic carbocycles. The van der Waals surface area contributed by atoms with Crippen LogP contribution in [0.1, 0.15) is 120 Å². The predicted molar refractivity (Wildman–Crippen MR) is 198 cm³/mol. The predicted octanol–water partition coefficient (Wildman–Crippen LogP) is 4.18. The quantitative estimate of drug-likeness (QED) is 0.0768. The Kier molecular flexibility index (Phi) is 18.5. The van der Waals surface area contributed by atoms with Gasteiger partial charge < -0.3 is 62.3 Å². The molecule has 324 valence electrons. The largest absolute Gasteiger partial charge is 0.457 e. The highest BCUT2D eigenvalue weighted by atomic mass is 35.5. The summed E-state index contributed by atoms with van der Waals surface area (Å²) in [5, 5.41) is 22.0. The summed E-state index contributed by atoms with van der Waals surface area (Å²) in [7, 11) is 0. The van der Waals surface area contributed by atoms with Gasteiger partial charge in [0.1, 0.15) is 42.5 Å². The second-order valence-electron chi connectivity index (χ2n) is 15.7. The molecular weight excluding hydrogens is 760 g/mol. The Morgan fingerprint density at radius 2 is 1.11 bits per heavy atom. The van der Waals surface area contributed by atoms with Crippen LogP contribution >= 0.6 is 11.6 Å². The van der Waals surface area contributed by atoms with Gasteiger partial charge in [-0.15, -0.1) is 11.6 Å². The number of fused-ring (bicyclic) bond motifs is 1. The van der Waals surface area contributed by atoms with Crippen LogP contribution in [0, 0.1) is 0 Å². The number of esters is 3. The van der Waals surface area contributed by atoms with E-state index in [4.69, 9.17) is 63.7 Å². The number of ether oxygens (including phenoxy) is 11. The number of halogens is 1. The molecule has 16 nitrogen and oxygen atoms in total. The molecule has 0 aromatic carbocycles. The van der Waals surface area contributed by atoms with E-state index in [9.17, 15) is 24.6 Å². The molecule has 0 bridgehead atoms. The number of unbranched alkanes of at least 4 members (excludes halogenated alkanes) is 9. The van der Waals surface area contributed by atoms with Crippen LogP contribution in [-0.4, -0.2) is 139 Å². The molecule has 0 saturated carbocycles. The molecule has 4 saturated heterocycles. The van der Waals surface area contributed by atoms with Crippen molar-refractivity contribution in [3.8, 4) is 0 Å². The number of alkyl halides is 1. The van der Waals surface area contributed by atoms with Crippen LogP contribution in [-0.2, 0) is 66.5 Å². The Morgan fingerprint density at radius 3 is 1.71 bits per heavy atom. The third-order valence-electron chi connectivity index (χ3n) is 10.4. The minimum absolute atomic E-state index is 0.479. The fourth-order valence-electron chi connectivity index (χ4n) is 7.71. The van der Waals surface area contributed by atoms with E-state index in [2.05, 4.69) is 6.92 Å². The molecule has 15 atom stereocenters. The molecule has 0 amide bonds. The van der Waals surface area contributed by atoms with E-state index in [1.807, 2.05) is 0 Å². The zero-order valence-electron chi connectivity index (χ0n) is 34.1. The van der Waals surface area contributed by atoms with Gasteiger partial charge in [-0.05, 0) is 41.0 Å². The lowest BCUT2D eigenvalue weighted by Gasteiger charge is -2.49. The molecule has 17 heteroatoms. The number of hydrogen-bond acceptors (Lipinski definition) is 16. The molecule has 56 heavy (non-hydrogen) atoms. The van der Waals surface area contributed by atoms with Crippen LogP contribution in [0.4, 0.5) is 0 Å². The Bertz CT molecular complexity index is 1240. The van der Waals surface area contributed by atoms with Crippen molar-refractivity contribution in [2.24, 2.45) is 0 Å². The monoisotopic (exact) mass is 824 g/mol. The van der Waals surface area contributed by atoms with Crippen LogP contribution in [0.2, 0.25) is 0 Å². The molecular formula is C39H65ClO16. The zero-order chi connectivity index (χ0) is 41.2. The minimum Gasteiger partial charge on any atom is -0.457 e. The molecule has 4 heterocycles. The normalized spacial score (nSPS) is 38.1. The van der Waals surface area contributed by atoms with Crippen molar-refractivity contribution in [3.05, 3.63) is 0 Å². The number of rotatable bonds is 20. The molecule has 0 aromatic heterocycles. The smallest absolute Gasteiger partial charge is 0.321 e. The summed E-state index contributed by atoms with van der Waals surface area (Å²) in [5.74, 6) is -3.83. The fraction of sp³-hybridized carbons (Fsp3) is 0.923. The van der Waals surface area contributed by atoms with E-state index < -0.39 is 122 Å². The van der Waals surface area contributed by atoms with Crippen LogP contribution in [0.25, 0.3) is 0 Å². The maximum atomic E-state index is 12.8. The molecule has 2 N–H and O–H groups in total. The van der Waals surface area contributed by atoms with E-state index >= 15 is 0 Å². The topological polar surface area (TPSA) is 193 Å². The average molecular weight is 825 g/mol. The standard InChI is InChI=1S/C39H65ClO16/c1-9-10-11-12-13-14-15-16-17-18-19-46-37-35-33(55-39(7,8)56-35)31(23(4)48-37)53-38-34(52-26(43)20-40)32(30(22(3)49-38)51-25(6)42)54-36-28(45)27(44)29(21(2)47-36)50-24(5)41/h21-23,27-38,44-45H,9-20H2,1-8H3/t21-,22-,23-,27-,28+,29-,30-,31-,32+,33+,34+,35+,36-,37+,38-/m0/s1. The van der Waals surface area contributed by atoms with Gasteiger partial charge in [-0.2, -0.15) is 0 Å². The van der Waals surface area contributed by atoms with Crippen molar-refractivity contribution in [1.82, 2.24) is 0 Å². The number of aliphatic hydroxyl groups excluding tert-OH is 2. The maximum absolute atomic E-state index is 12.8. The average Bonchev–Trinajstić information content (AvgIpc) is 3.46. The minimum atomic E-state index is -1.74. The Hall–Kier alpha value is -1.70. The van der Waals surface area contributed by atoms with Crippen LogP contribution in [0.15, 0.2) is 0 Å². The van der Waals surface area contributed by atoms with Gasteiger partial charge in [-0.25, -0.2) is 0 Å². The van der Waals surface area contributed by atoms with E-state index in [0.29, 0.717) is 6.61 Å². The van der Waals surface area contributed by atoms with Crippen molar-refractivity contribution in [1.29, 1.82) is 0 Å². The number of aliphatic hydroxyl groups is 2. The first-order valence-electron chi connectivity index (χ1n) is 20.3. The van der Waals surface area contributed by atoms with Gasteiger partial charge in [-0.3, -0.25) is 14.4 Å². The van der Waals surface area contributed by atoms with E-state index in [-0.39, 0.29) is 0 Å². The van der Waals surface area contributed by atoms with Gasteiger partial charge in [0.2, 0.25) is 0 Å². The van der Waals surface area contributed by atoms with Gasteiger partial charge >= 0.3 is 17.9 Å².